The van der Waals surface area contributed by atoms with E-state index in [-0.39, 0.29) is 0 Å². The lowest BCUT2D eigenvalue weighted by molar-refractivity contribution is 0.0836. The first kappa shape index (κ1) is 11.9. The molecule has 0 bridgehead atoms. The van der Waals surface area contributed by atoms with Crippen LogP contribution in [-0.2, 0) is 4.74 Å². The number of rotatable bonds is 2. The van der Waals surface area contributed by atoms with Crippen molar-refractivity contribution in [1.82, 2.24) is 15.2 Å². The summed E-state index contributed by atoms with van der Waals surface area (Å²) in [6.45, 7) is 1.63. The second-order valence-electron chi connectivity index (χ2n) is 4.44. The molecule has 1 saturated heterocycles. The smallest absolute Gasteiger partial charge is 0.181 e. The summed E-state index contributed by atoms with van der Waals surface area (Å²) < 4.78 is 6.40. The second kappa shape index (κ2) is 5.20. The van der Waals surface area contributed by atoms with Crippen LogP contribution in [0.4, 0.5) is 0 Å². The number of hydrogen-bond acceptors (Lipinski definition) is 3. The maximum Gasteiger partial charge on any atom is 0.181 e. The van der Waals surface area contributed by atoms with Crippen molar-refractivity contribution >= 4 is 15.9 Å². The quantitative estimate of drug-likeness (QED) is 0.927. The number of nitrogens with zero attached hydrogens (tertiary/aromatic N) is 2. The first-order chi connectivity index (χ1) is 8.83. The van der Waals surface area contributed by atoms with E-state index in [4.69, 9.17) is 4.74 Å². The number of aromatic amines is 1. The highest BCUT2D eigenvalue weighted by molar-refractivity contribution is 9.10. The van der Waals surface area contributed by atoms with E-state index < -0.39 is 0 Å². The van der Waals surface area contributed by atoms with Crippen LogP contribution in [0.15, 0.2) is 28.7 Å². The molecular weight excluding hydrogens is 294 g/mol. The van der Waals surface area contributed by atoms with E-state index in [2.05, 4.69) is 31.1 Å². The Balaban J connectivity index is 1.84. The molecule has 1 fully saturated rings. The van der Waals surface area contributed by atoms with Crippen molar-refractivity contribution in [3.63, 3.8) is 0 Å². The summed E-state index contributed by atoms with van der Waals surface area (Å²) in [5.74, 6) is 2.19. The molecule has 0 saturated carbocycles. The summed E-state index contributed by atoms with van der Waals surface area (Å²) >= 11 is 3.46. The molecule has 0 radical (unpaired) electrons. The highest BCUT2D eigenvalue weighted by Crippen LogP contribution is 2.26. The molecule has 5 heteroatoms. The molecule has 2 aromatic rings. The Bertz CT molecular complexity index is 535. The van der Waals surface area contributed by atoms with Gasteiger partial charge in [0, 0.05) is 29.2 Å². The first-order valence-corrected chi connectivity index (χ1v) is 6.88. The summed E-state index contributed by atoms with van der Waals surface area (Å²) in [5.41, 5.74) is 1.03. The number of halogens is 1. The molecule has 0 spiro atoms. The van der Waals surface area contributed by atoms with E-state index in [1.54, 1.807) is 0 Å². The largest absolute Gasteiger partial charge is 0.381 e. The van der Waals surface area contributed by atoms with Crippen molar-refractivity contribution in [2.45, 2.75) is 18.8 Å². The standard InChI is InChI=1S/C13H14BrN3O/c14-11-3-1-2-10(8-11)13-15-12(16-17-13)9-4-6-18-7-5-9/h1-3,8-9H,4-7H2,(H,15,16,17). The molecule has 1 aromatic heterocycles. The van der Waals surface area contributed by atoms with Crippen molar-refractivity contribution in [2.75, 3.05) is 13.2 Å². The monoisotopic (exact) mass is 307 g/mol. The summed E-state index contributed by atoms with van der Waals surface area (Å²) in [6, 6.07) is 8.03. The maximum atomic E-state index is 5.36. The summed E-state index contributed by atoms with van der Waals surface area (Å²) in [4.78, 5) is 4.60. The lowest BCUT2D eigenvalue weighted by atomic mass is 10.00. The molecule has 0 aliphatic carbocycles. The lowest BCUT2D eigenvalue weighted by Gasteiger charge is -2.19. The van der Waals surface area contributed by atoms with Gasteiger partial charge in [-0.15, -0.1) is 0 Å². The van der Waals surface area contributed by atoms with Gasteiger partial charge in [0.25, 0.3) is 0 Å². The molecule has 94 valence electrons. The molecule has 18 heavy (non-hydrogen) atoms. The molecule has 1 aliphatic heterocycles. The fraction of sp³-hybridized carbons (Fsp3) is 0.385. The van der Waals surface area contributed by atoms with Crippen molar-refractivity contribution < 1.29 is 4.74 Å². The van der Waals surface area contributed by atoms with Crippen molar-refractivity contribution in [2.24, 2.45) is 0 Å². The third-order valence-corrected chi connectivity index (χ3v) is 3.69. The Hall–Kier alpha value is -1.20. The van der Waals surface area contributed by atoms with Crippen molar-refractivity contribution in [3.05, 3.63) is 34.6 Å². The fourth-order valence-corrected chi connectivity index (χ4v) is 2.58. The van der Waals surface area contributed by atoms with E-state index in [1.165, 1.54) is 0 Å². The number of H-pyrrole nitrogens is 1. The summed E-state index contributed by atoms with van der Waals surface area (Å²) in [5, 5.41) is 7.37. The number of ether oxygens (including phenoxy) is 1. The SMILES string of the molecule is Brc1cccc(-c2n[nH]c(C3CCOCC3)n2)c1. The molecule has 1 aromatic carbocycles. The van der Waals surface area contributed by atoms with Crippen LogP contribution in [0.2, 0.25) is 0 Å². The van der Waals surface area contributed by atoms with Crippen LogP contribution in [0, 0.1) is 0 Å². The van der Waals surface area contributed by atoms with Gasteiger partial charge in [-0.3, -0.25) is 5.10 Å². The molecule has 2 heterocycles. The first-order valence-electron chi connectivity index (χ1n) is 6.09. The van der Waals surface area contributed by atoms with E-state index in [0.717, 1.165) is 47.7 Å². The van der Waals surface area contributed by atoms with Crippen LogP contribution in [0.25, 0.3) is 11.4 Å². The number of hydrogen-bond donors (Lipinski definition) is 1. The zero-order chi connectivity index (χ0) is 12.4. The number of benzene rings is 1. The average Bonchev–Trinajstić information content (AvgIpc) is 2.89. The summed E-state index contributed by atoms with van der Waals surface area (Å²) in [6.07, 6.45) is 2.04. The minimum absolute atomic E-state index is 0.451. The van der Waals surface area contributed by atoms with Gasteiger partial charge in [-0.05, 0) is 25.0 Å². The molecule has 0 unspecified atom stereocenters. The normalized spacial score (nSPS) is 16.9. The zero-order valence-electron chi connectivity index (χ0n) is 9.90. The third kappa shape index (κ3) is 2.47. The maximum absolute atomic E-state index is 5.36. The Morgan fingerprint density at radius 1 is 1.28 bits per heavy atom. The van der Waals surface area contributed by atoms with Crippen LogP contribution >= 0.6 is 15.9 Å². The van der Waals surface area contributed by atoms with Crippen molar-refractivity contribution in [3.8, 4) is 11.4 Å². The van der Waals surface area contributed by atoms with Gasteiger partial charge in [-0.1, -0.05) is 28.1 Å². The van der Waals surface area contributed by atoms with Gasteiger partial charge in [-0.25, -0.2) is 4.98 Å². The zero-order valence-corrected chi connectivity index (χ0v) is 11.5. The molecule has 1 N–H and O–H groups in total. The van der Waals surface area contributed by atoms with Crippen molar-refractivity contribution in [1.29, 1.82) is 0 Å². The number of aromatic nitrogens is 3. The van der Waals surface area contributed by atoms with Gasteiger partial charge < -0.3 is 4.74 Å². The topological polar surface area (TPSA) is 50.8 Å². The predicted octanol–water partition coefficient (Wildman–Crippen LogP) is 3.13. The highest BCUT2D eigenvalue weighted by atomic mass is 79.9. The average molecular weight is 308 g/mol. The Kier molecular flexibility index (Phi) is 3.43. The molecule has 4 nitrogen and oxygen atoms in total. The molecular formula is C13H14BrN3O. The van der Waals surface area contributed by atoms with Gasteiger partial charge in [0.2, 0.25) is 0 Å². The van der Waals surface area contributed by atoms with Crippen LogP contribution in [-0.4, -0.2) is 28.4 Å². The summed E-state index contributed by atoms with van der Waals surface area (Å²) in [7, 11) is 0. The molecule has 3 rings (SSSR count). The van der Waals surface area contributed by atoms with Gasteiger partial charge >= 0.3 is 0 Å². The predicted molar refractivity (Wildman–Crippen MR) is 72.3 cm³/mol. The van der Waals surface area contributed by atoms with Gasteiger partial charge in [0.15, 0.2) is 5.82 Å². The van der Waals surface area contributed by atoms with E-state index in [0.29, 0.717) is 5.92 Å². The van der Waals surface area contributed by atoms with Gasteiger partial charge in [0.1, 0.15) is 5.82 Å². The molecule has 0 atom stereocenters. The number of nitrogens with one attached hydrogen (secondary N) is 1. The van der Waals surface area contributed by atoms with Crippen LogP contribution in [0.1, 0.15) is 24.6 Å². The van der Waals surface area contributed by atoms with Crippen LogP contribution in [0.5, 0.6) is 0 Å². The second-order valence-corrected chi connectivity index (χ2v) is 5.36. The van der Waals surface area contributed by atoms with Crippen LogP contribution in [0.3, 0.4) is 0 Å². The van der Waals surface area contributed by atoms with Gasteiger partial charge in [0.05, 0.1) is 0 Å². The molecule has 1 aliphatic rings. The van der Waals surface area contributed by atoms with E-state index >= 15 is 0 Å². The minimum Gasteiger partial charge on any atom is -0.381 e. The molecule has 0 amide bonds. The minimum atomic E-state index is 0.451. The Morgan fingerprint density at radius 2 is 2.11 bits per heavy atom. The van der Waals surface area contributed by atoms with E-state index in [9.17, 15) is 0 Å². The Morgan fingerprint density at radius 3 is 2.89 bits per heavy atom. The van der Waals surface area contributed by atoms with Gasteiger partial charge in [-0.2, -0.15) is 5.10 Å². The Labute approximate surface area is 114 Å². The third-order valence-electron chi connectivity index (χ3n) is 3.19. The van der Waals surface area contributed by atoms with E-state index in [1.807, 2.05) is 24.3 Å². The highest BCUT2D eigenvalue weighted by Gasteiger charge is 2.19. The van der Waals surface area contributed by atoms with Crippen LogP contribution < -0.4 is 0 Å². The lowest BCUT2D eigenvalue weighted by Crippen LogP contribution is -2.15. The fourth-order valence-electron chi connectivity index (χ4n) is 2.18.